The van der Waals surface area contributed by atoms with Gasteiger partial charge in [-0.3, -0.25) is 4.99 Å². The third kappa shape index (κ3) is 4.78. The van der Waals surface area contributed by atoms with Crippen LogP contribution in [0.4, 0.5) is 4.39 Å². The minimum absolute atomic E-state index is 0.0343. The van der Waals surface area contributed by atoms with Crippen molar-refractivity contribution < 1.29 is 19.0 Å². The Bertz CT molecular complexity index is 769. The molecule has 2 aromatic rings. The number of hydrogen-bond donors (Lipinski definition) is 3. The summed E-state index contributed by atoms with van der Waals surface area (Å²) >= 11 is 0. The zero-order chi connectivity index (χ0) is 19.1. The van der Waals surface area contributed by atoms with Crippen LogP contribution in [0.2, 0.25) is 0 Å². The molecule has 0 unspecified atom stereocenters. The molecule has 0 amide bonds. The summed E-state index contributed by atoms with van der Waals surface area (Å²) in [5.41, 5.74) is 2.42. The summed E-state index contributed by atoms with van der Waals surface area (Å²) in [4.78, 5) is 4.17. The van der Waals surface area contributed by atoms with Crippen LogP contribution >= 0.6 is 0 Å². The van der Waals surface area contributed by atoms with Crippen molar-refractivity contribution in [2.75, 3.05) is 21.3 Å². The van der Waals surface area contributed by atoms with Crippen LogP contribution in [-0.2, 0) is 13.1 Å². The Morgan fingerprint density at radius 1 is 1.04 bits per heavy atom. The van der Waals surface area contributed by atoms with Crippen LogP contribution in [0.25, 0.3) is 0 Å². The molecule has 7 heteroatoms. The fourth-order valence-corrected chi connectivity index (χ4v) is 2.46. The number of phenolic OH excluding ortho intramolecular Hbond substituents is 1. The van der Waals surface area contributed by atoms with Gasteiger partial charge in [0.15, 0.2) is 17.5 Å². The first-order valence-electron chi connectivity index (χ1n) is 8.12. The van der Waals surface area contributed by atoms with E-state index in [4.69, 9.17) is 9.47 Å². The number of benzene rings is 2. The molecule has 26 heavy (non-hydrogen) atoms. The predicted octanol–water partition coefficient (Wildman–Crippen LogP) is 2.72. The van der Waals surface area contributed by atoms with Gasteiger partial charge in [0.2, 0.25) is 5.75 Å². The second kappa shape index (κ2) is 8.94. The van der Waals surface area contributed by atoms with Gasteiger partial charge in [-0.15, -0.1) is 0 Å². The molecular weight excluding hydrogens is 337 g/mol. The Labute approximate surface area is 152 Å². The van der Waals surface area contributed by atoms with Crippen LogP contribution < -0.4 is 20.1 Å². The van der Waals surface area contributed by atoms with E-state index in [1.54, 1.807) is 38.2 Å². The van der Waals surface area contributed by atoms with Crippen molar-refractivity contribution >= 4 is 5.96 Å². The summed E-state index contributed by atoms with van der Waals surface area (Å²) in [6, 6.07) is 8.43. The SMILES string of the molecule is CN=C(NCc1ccc(F)c(C)c1)NCc1cc(OC)c(O)c(OC)c1. The number of rotatable bonds is 6. The number of aliphatic imine (C=N–C) groups is 1. The Morgan fingerprint density at radius 3 is 2.12 bits per heavy atom. The van der Waals surface area contributed by atoms with Gasteiger partial charge in [0.1, 0.15) is 5.82 Å². The number of nitrogens with zero attached hydrogens (tertiary/aromatic N) is 1. The molecule has 0 aliphatic heterocycles. The summed E-state index contributed by atoms with van der Waals surface area (Å²) in [5.74, 6) is 1.02. The maximum absolute atomic E-state index is 13.3. The van der Waals surface area contributed by atoms with Gasteiger partial charge in [-0.05, 0) is 41.8 Å². The summed E-state index contributed by atoms with van der Waals surface area (Å²) in [5, 5.41) is 16.3. The highest BCUT2D eigenvalue weighted by Gasteiger charge is 2.11. The highest BCUT2D eigenvalue weighted by molar-refractivity contribution is 5.79. The number of methoxy groups -OCH3 is 2. The Kier molecular flexibility index (Phi) is 6.66. The summed E-state index contributed by atoms with van der Waals surface area (Å²) in [6.07, 6.45) is 0. The number of aromatic hydroxyl groups is 1. The predicted molar refractivity (Wildman–Crippen MR) is 99.4 cm³/mol. The Balaban J connectivity index is 1.99. The average molecular weight is 361 g/mol. The minimum Gasteiger partial charge on any atom is -0.502 e. The van der Waals surface area contributed by atoms with Crippen LogP contribution in [0.5, 0.6) is 17.2 Å². The largest absolute Gasteiger partial charge is 0.502 e. The highest BCUT2D eigenvalue weighted by Crippen LogP contribution is 2.36. The molecule has 0 fully saturated rings. The number of halogens is 1. The van der Waals surface area contributed by atoms with Crippen molar-refractivity contribution in [2.45, 2.75) is 20.0 Å². The fraction of sp³-hybridized carbons (Fsp3) is 0.316. The van der Waals surface area contributed by atoms with Gasteiger partial charge in [0, 0.05) is 20.1 Å². The van der Waals surface area contributed by atoms with E-state index in [9.17, 15) is 9.50 Å². The van der Waals surface area contributed by atoms with Crippen molar-refractivity contribution in [3.05, 3.63) is 52.8 Å². The molecule has 2 aromatic carbocycles. The monoisotopic (exact) mass is 361 g/mol. The zero-order valence-corrected chi connectivity index (χ0v) is 15.4. The van der Waals surface area contributed by atoms with Crippen molar-refractivity contribution in [1.82, 2.24) is 10.6 Å². The van der Waals surface area contributed by atoms with Gasteiger partial charge >= 0.3 is 0 Å². The first kappa shape index (κ1) is 19.4. The summed E-state index contributed by atoms with van der Waals surface area (Å²) < 4.78 is 23.6. The van der Waals surface area contributed by atoms with Gasteiger partial charge < -0.3 is 25.2 Å². The molecule has 0 atom stereocenters. The van der Waals surface area contributed by atoms with Gasteiger partial charge in [-0.2, -0.15) is 0 Å². The van der Waals surface area contributed by atoms with Crippen molar-refractivity contribution in [2.24, 2.45) is 4.99 Å². The molecule has 6 nitrogen and oxygen atoms in total. The average Bonchev–Trinajstić information content (AvgIpc) is 2.65. The van der Waals surface area contributed by atoms with Crippen LogP contribution in [-0.4, -0.2) is 32.3 Å². The fourth-order valence-electron chi connectivity index (χ4n) is 2.46. The standard InChI is InChI=1S/C19H24FN3O3/c1-12-7-13(5-6-15(12)20)10-22-19(21-2)23-11-14-8-16(25-3)18(24)17(9-14)26-4/h5-9,24H,10-11H2,1-4H3,(H2,21,22,23). The zero-order valence-electron chi connectivity index (χ0n) is 15.4. The highest BCUT2D eigenvalue weighted by atomic mass is 19.1. The van der Waals surface area contributed by atoms with Gasteiger partial charge in [0.05, 0.1) is 14.2 Å². The van der Waals surface area contributed by atoms with E-state index < -0.39 is 0 Å². The van der Waals surface area contributed by atoms with Crippen LogP contribution in [0.15, 0.2) is 35.3 Å². The molecule has 0 spiro atoms. The van der Waals surface area contributed by atoms with E-state index >= 15 is 0 Å². The topological polar surface area (TPSA) is 75.1 Å². The maximum Gasteiger partial charge on any atom is 0.200 e. The van der Waals surface area contributed by atoms with Crippen LogP contribution in [0.1, 0.15) is 16.7 Å². The molecule has 0 saturated carbocycles. The molecule has 140 valence electrons. The van der Waals surface area contributed by atoms with Crippen LogP contribution in [0.3, 0.4) is 0 Å². The lowest BCUT2D eigenvalue weighted by Gasteiger charge is -2.14. The normalized spacial score (nSPS) is 11.2. The lowest BCUT2D eigenvalue weighted by Crippen LogP contribution is -2.36. The molecule has 0 bridgehead atoms. The number of phenols is 1. The lowest BCUT2D eigenvalue weighted by molar-refractivity contribution is 0.339. The lowest BCUT2D eigenvalue weighted by atomic mass is 10.1. The number of guanidine groups is 1. The van der Waals surface area contributed by atoms with Crippen molar-refractivity contribution in [3.8, 4) is 17.2 Å². The molecule has 3 N–H and O–H groups in total. The van der Waals surface area contributed by atoms with E-state index in [1.807, 2.05) is 0 Å². The molecule has 0 aromatic heterocycles. The molecule has 0 radical (unpaired) electrons. The van der Waals surface area contributed by atoms with Gasteiger partial charge in [0.25, 0.3) is 0 Å². The van der Waals surface area contributed by atoms with E-state index in [0.29, 0.717) is 36.1 Å². The molecule has 0 saturated heterocycles. The number of ether oxygens (including phenoxy) is 2. The van der Waals surface area contributed by atoms with Gasteiger partial charge in [-0.1, -0.05) is 12.1 Å². The third-order valence-corrected chi connectivity index (χ3v) is 3.91. The second-order valence-corrected chi connectivity index (χ2v) is 5.71. The van der Waals surface area contributed by atoms with E-state index in [0.717, 1.165) is 11.1 Å². The maximum atomic E-state index is 13.3. The quantitative estimate of drug-likeness (QED) is 0.545. The minimum atomic E-state index is -0.216. The molecule has 0 aliphatic rings. The Morgan fingerprint density at radius 2 is 1.62 bits per heavy atom. The number of nitrogens with one attached hydrogen (secondary N) is 2. The second-order valence-electron chi connectivity index (χ2n) is 5.71. The Hall–Kier alpha value is -2.96. The first-order valence-corrected chi connectivity index (χ1v) is 8.12. The summed E-state index contributed by atoms with van der Waals surface area (Å²) in [7, 11) is 4.64. The van der Waals surface area contributed by atoms with E-state index in [-0.39, 0.29) is 11.6 Å². The first-order chi connectivity index (χ1) is 12.5. The number of aryl methyl sites for hydroxylation is 1. The van der Waals surface area contributed by atoms with E-state index in [1.165, 1.54) is 20.3 Å². The van der Waals surface area contributed by atoms with Gasteiger partial charge in [-0.25, -0.2) is 4.39 Å². The molecule has 2 rings (SSSR count). The number of hydrogen-bond acceptors (Lipinski definition) is 4. The van der Waals surface area contributed by atoms with Crippen LogP contribution in [0, 0.1) is 12.7 Å². The smallest absolute Gasteiger partial charge is 0.200 e. The van der Waals surface area contributed by atoms with Crippen molar-refractivity contribution in [1.29, 1.82) is 0 Å². The molecule has 0 aliphatic carbocycles. The molecular formula is C19H24FN3O3. The van der Waals surface area contributed by atoms with E-state index in [2.05, 4.69) is 15.6 Å². The van der Waals surface area contributed by atoms with Crippen molar-refractivity contribution in [3.63, 3.8) is 0 Å². The third-order valence-electron chi connectivity index (χ3n) is 3.91. The molecule has 0 heterocycles. The summed E-state index contributed by atoms with van der Waals surface area (Å²) in [6.45, 7) is 2.70.